The van der Waals surface area contributed by atoms with Crippen LogP contribution in [-0.4, -0.2) is 13.0 Å². The molecule has 0 amide bonds. The molecule has 4 heteroatoms. The van der Waals surface area contributed by atoms with Gasteiger partial charge >= 0.3 is 0 Å². The van der Waals surface area contributed by atoms with Crippen molar-refractivity contribution in [3.05, 3.63) is 29.8 Å². The highest BCUT2D eigenvalue weighted by Crippen LogP contribution is 2.27. The van der Waals surface area contributed by atoms with Crippen molar-refractivity contribution in [3.8, 4) is 5.75 Å². The Morgan fingerprint density at radius 3 is 2.86 bits per heavy atom. The Kier molecular flexibility index (Phi) is 2.26. The Morgan fingerprint density at radius 2 is 2.21 bits per heavy atom. The molecule has 1 atom stereocenters. The van der Waals surface area contributed by atoms with E-state index in [9.17, 15) is 0 Å². The normalized spacial score (nSPS) is 19.6. The van der Waals surface area contributed by atoms with Crippen LogP contribution in [0.25, 0.3) is 0 Å². The number of hydrazone groups is 1. The van der Waals surface area contributed by atoms with E-state index in [1.165, 1.54) is 0 Å². The number of methoxy groups -OCH3 is 1. The van der Waals surface area contributed by atoms with E-state index in [1.807, 2.05) is 31.2 Å². The molecule has 74 valence electrons. The lowest BCUT2D eigenvalue weighted by molar-refractivity contribution is 0.185. The molecule has 2 rings (SSSR count). The molecule has 0 aliphatic carbocycles. The molecule has 1 aromatic rings. The molecule has 0 saturated heterocycles. The number of para-hydroxylation sites is 1. The third-order valence-corrected chi connectivity index (χ3v) is 2.05. The Bertz CT molecular complexity index is 363. The van der Waals surface area contributed by atoms with E-state index in [1.54, 1.807) is 7.11 Å². The molecule has 0 spiro atoms. The summed E-state index contributed by atoms with van der Waals surface area (Å²) in [6.07, 6.45) is -0.230. The van der Waals surface area contributed by atoms with Crippen molar-refractivity contribution in [2.75, 3.05) is 7.11 Å². The minimum atomic E-state index is -0.230. The highest BCUT2D eigenvalue weighted by molar-refractivity contribution is 5.74. The van der Waals surface area contributed by atoms with E-state index in [2.05, 4.69) is 10.5 Å². The molecule has 1 aromatic carbocycles. The first kappa shape index (κ1) is 8.87. The van der Waals surface area contributed by atoms with Crippen LogP contribution in [0.2, 0.25) is 0 Å². The fraction of sp³-hybridized carbons (Fsp3) is 0.300. The van der Waals surface area contributed by atoms with Crippen LogP contribution in [0.4, 0.5) is 0 Å². The van der Waals surface area contributed by atoms with Crippen molar-refractivity contribution in [3.63, 3.8) is 0 Å². The molecule has 0 radical (unpaired) electrons. The fourth-order valence-electron chi connectivity index (χ4n) is 1.39. The SMILES string of the molecule is COc1ccccc1C1NN=C(C)O1. The van der Waals surface area contributed by atoms with Gasteiger partial charge in [0.1, 0.15) is 5.75 Å². The van der Waals surface area contributed by atoms with E-state index in [0.29, 0.717) is 5.90 Å². The lowest BCUT2D eigenvalue weighted by Gasteiger charge is -2.13. The van der Waals surface area contributed by atoms with Crippen LogP contribution in [0.5, 0.6) is 5.75 Å². The molecule has 1 aliphatic rings. The average Bonchev–Trinajstić information content (AvgIpc) is 2.65. The van der Waals surface area contributed by atoms with Gasteiger partial charge in [-0.15, -0.1) is 5.10 Å². The van der Waals surface area contributed by atoms with Gasteiger partial charge in [0.15, 0.2) is 0 Å². The van der Waals surface area contributed by atoms with Crippen molar-refractivity contribution in [1.82, 2.24) is 5.43 Å². The van der Waals surface area contributed by atoms with E-state index in [4.69, 9.17) is 9.47 Å². The summed E-state index contributed by atoms with van der Waals surface area (Å²) in [6.45, 7) is 1.81. The molecule has 1 N–H and O–H groups in total. The van der Waals surface area contributed by atoms with Gasteiger partial charge in [-0.2, -0.15) is 0 Å². The highest BCUT2D eigenvalue weighted by atomic mass is 16.5. The van der Waals surface area contributed by atoms with E-state index in [-0.39, 0.29) is 6.23 Å². The maximum absolute atomic E-state index is 5.45. The number of benzene rings is 1. The first-order valence-corrected chi connectivity index (χ1v) is 4.40. The zero-order valence-electron chi connectivity index (χ0n) is 8.15. The number of rotatable bonds is 2. The second-order valence-electron chi connectivity index (χ2n) is 3.00. The van der Waals surface area contributed by atoms with Crippen LogP contribution >= 0.6 is 0 Å². The van der Waals surface area contributed by atoms with E-state index >= 15 is 0 Å². The van der Waals surface area contributed by atoms with Crippen LogP contribution in [0.3, 0.4) is 0 Å². The van der Waals surface area contributed by atoms with Crippen LogP contribution in [0.1, 0.15) is 18.7 Å². The molecular weight excluding hydrogens is 180 g/mol. The standard InChI is InChI=1S/C10H12N2O2/c1-7-11-12-10(14-7)8-5-3-4-6-9(8)13-2/h3-6,10,12H,1-2H3. The Morgan fingerprint density at radius 1 is 1.43 bits per heavy atom. The van der Waals surface area contributed by atoms with Crippen molar-refractivity contribution in [1.29, 1.82) is 0 Å². The minimum Gasteiger partial charge on any atom is -0.496 e. The van der Waals surface area contributed by atoms with Gasteiger partial charge in [-0.3, -0.25) is 5.43 Å². The minimum absolute atomic E-state index is 0.230. The van der Waals surface area contributed by atoms with Gasteiger partial charge < -0.3 is 9.47 Å². The smallest absolute Gasteiger partial charge is 0.215 e. The monoisotopic (exact) mass is 192 g/mol. The van der Waals surface area contributed by atoms with Crippen molar-refractivity contribution in [2.45, 2.75) is 13.2 Å². The molecule has 1 unspecified atom stereocenters. The second kappa shape index (κ2) is 3.57. The van der Waals surface area contributed by atoms with Crippen molar-refractivity contribution in [2.24, 2.45) is 5.10 Å². The third kappa shape index (κ3) is 1.51. The maximum atomic E-state index is 5.45. The molecule has 0 fully saturated rings. The summed E-state index contributed by atoms with van der Waals surface area (Å²) in [4.78, 5) is 0. The summed E-state index contributed by atoms with van der Waals surface area (Å²) < 4.78 is 10.7. The van der Waals surface area contributed by atoms with Gasteiger partial charge in [0.05, 0.1) is 12.7 Å². The van der Waals surface area contributed by atoms with Crippen LogP contribution < -0.4 is 10.2 Å². The van der Waals surface area contributed by atoms with Gasteiger partial charge in [-0.1, -0.05) is 12.1 Å². The predicted molar refractivity (Wildman–Crippen MR) is 53.1 cm³/mol. The quantitative estimate of drug-likeness (QED) is 0.774. The van der Waals surface area contributed by atoms with Crippen LogP contribution in [0.15, 0.2) is 29.4 Å². The average molecular weight is 192 g/mol. The number of nitrogens with zero attached hydrogens (tertiary/aromatic N) is 1. The lowest BCUT2D eigenvalue weighted by atomic mass is 10.2. The predicted octanol–water partition coefficient (Wildman–Crippen LogP) is 1.65. The number of nitrogens with one attached hydrogen (secondary N) is 1. The topological polar surface area (TPSA) is 42.8 Å². The van der Waals surface area contributed by atoms with Crippen LogP contribution in [0, 0.1) is 0 Å². The fourth-order valence-corrected chi connectivity index (χ4v) is 1.39. The number of hydrogen-bond acceptors (Lipinski definition) is 4. The third-order valence-electron chi connectivity index (χ3n) is 2.05. The van der Waals surface area contributed by atoms with Crippen molar-refractivity contribution < 1.29 is 9.47 Å². The Balaban J connectivity index is 2.24. The zero-order chi connectivity index (χ0) is 9.97. The summed E-state index contributed by atoms with van der Waals surface area (Å²) in [7, 11) is 1.64. The molecule has 0 saturated carbocycles. The lowest BCUT2D eigenvalue weighted by Crippen LogP contribution is -2.12. The molecular formula is C10H12N2O2. The van der Waals surface area contributed by atoms with Crippen molar-refractivity contribution >= 4 is 5.90 Å². The first-order chi connectivity index (χ1) is 6.81. The van der Waals surface area contributed by atoms with Gasteiger partial charge in [0.2, 0.25) is 12.1 Å². The molecule has 1 heterocycles. The molecule has 1 aliphatic heterocycles. The van der Waals surface area contributed by atoms with Gasteiger partial charge in [0.25, 0.3) is 0 Å². The molecule has 0 bridgehead atoms. The zero-order valence-corrected chi connectivity index (χ0v) is 8.15. The Labute approximate surface area is 82.5 Å². The molecule has 14 heavy (non-hydrogen) atoms. The molecule has 0 aromatic heterocycles. The summed E-state index contributed by atoms with van der Waals surface area (Å²) in [5, 5.41) is 3.96. The molecule has 4 nitrogen and oxygen atoms in total. The highest BCUT2D eigenvalue weighted by Gasteiger charge is 2.21. The van der Waals surface area contributed by atoms with Crippen LogP contribution in [-0.2, 0) is 4.74 Å². The maximum Gasteiger partial charge on any atom is 0.215 e. The van der Waals surface area contributed by atoms with E-state index < -0.39 is 0 Å². The van der Waals surface area contributed by atoms with Gasteiger partial charge in [-0.25, -0.2) is 0 Å². The number of ether oxygens (including phenoxy) is 2. The largest absolute Gasteiger partial charge is 0.496 e. The Hall–Kier alpha value is -1.71. The summed E-state index contributed by atoms with van der Waals surface area (Å²) >= 11 is 0. The summed E-state index contributed by atoms with van der Waals surface area (Å²) in [5.74, 6) is 1.44. The second-order valence-corrected chi connectivity index (χ2v) is 3.00. The van der Waals surface area contributed by atoms with E-state index in [0.717, 1.165) is 11.3 Å². The first-order valence-electron chi connectivity index (χ1n) is 4.40. The summed E-state index contributed by atoms with van der Waals surface area (Å²) in [6, 6.07) is 7.71. The van der Waals surface area contributed by atoms with Gasteiger partial charge in [0, 0.05) is 6.92 Å². The summed E-state index contributed by atoms with van der Waals surface area (Å²) in [5.41, 5.74) is 3.84. The van der Waals surface area contributed by atoms with Gasteiger partial charge in [-0.05, 0) is 12.1 Å². The number of hydrogen-bond donors (Lipinski definition) is 1.